The third-order valence-electron chi connectivity index (χ3n) is 1.96. The first-order chi connectivity index (χ1) is 7.97. The quantitative estimate of drug-likeness (QED) is 0.591. The van der Waals surface area contributed by atoms with Crippen LogP contribution in [0.1, 0.15) is 67.7 Å². The van der Waals surface area contributed by atoms with Gasteiger partial charge in [-0.1, -0.05) is 25.8 Å². The summed E-state index contributed by atoms with van der Waals surface area (Å²) in [4.78, 5) is 10.6. The van der Waals surface area contributed by atoms with Crippen molar-refractivity contribution in [1.29, 1.82) is 0 Å². The van der Waals surface area contributed by atoms with Gasteiger partial charge in [0.25, 0.3) is 0 Å². The molecule has 3 nitrogen and oxygen atoms in total. The summed E-state index contributed by atoms with van der Waals surface area (Å²) in [6, 6.07) is 0. The van der Waals surface area contributed by atoms with Gasteiger partial charge in [-0.05, 0) is 53.7 Å². The number of rotatable bonds is 6. The Labute approximate surface area is 114 Å². The summed E-state index contributed by atoms with van der Waals surface area (Å²) in [5.74, 6) is 0. The zero-order valence-electron chi connectivity index (χ0n) is 13.0. The third-order valence-corrected chi connectivity index (χ3v) is 4.42. The molecule has 0 bridgehead atoms. The first kappa shape index (κ1) is 17.8. The van der Waals surface area contributed by atoms with E-state index in [1.165, 1.54) is 0 Å². The molecule has 0 aromatic rings. The van der Waals surface area contributed by atoms with E-state index in [9.17, 15) is 4.80 Å². The summed E-state index contributed by atoms with van der Waals surface area (Å²) in [7, 11) is -3.25. The molecular formula is C14H30O3Si. The second-order valence-corrected chi connectivity index (χ2v) is 8.61. The van der Waals surface area contributed by atoms with Crippen molar-refractivity contribution >= 4 is 8.80 Å². The molecule has 108 valence electrons. The summed E-state index contributed by atoms with van der Waals surface area (Å²) in [6.45, 7) is 13.7. The Hall–Kier alpha value is -0.163. The minimum atomic E-state index is -3.25. The molecule has 0 atom stereocenters. The molecule has 0 fully saturated rings. The van der Waals surface area contributed by atoms with E-state index >= 15 is 0 Å². The van der Waals surface area contributed by atoms with Crippen molar-refractivity contribution in [2.24, 2.45) is 0 Å². The van der Waals surface area contributed by atoms with Gasteiger partial charge in [-0.2, -0.15) is 0 Å². The molecule has 0 radical (unpaired) electrons. The molecule has 0 spiro atoms. The van der Waals surface area contributed by atoms with Gasteiger partial charge in [0.05, 0.1) is 11.2 Å². The van der Waals surface area contributed by atoms with Crippen LogP contribution in [0, 0.1) is 0 Å². The first-order valence-electron chi connectivity index (χ1n) is 6.78. The standard InChI is InChI=1S/C14H30O3Si/c1-8-9-10-11-12-18(15,16-13(2,3)4)17-14(5,6)7/h11-12,15H,8-10H2,1-7H3/b12-11+. The maximum absolute atomic E-state index is 10.6. The van der Waals surface area contributed by atoms with Gasteiger partial charge in [0.2, 0.25) is 0 Å². The normalized spacial score (nSPS) is 14.4. The lowest BCUT2D eigenvalue weighted by molar-refractivity contribution is -0.0182. The molecule has 0 heterocycles. The number of unbranched alkanes of at least 4 members (excludes halogenated alkanes) is 2. The lowest BCUT2D eigenvalue weighted by Gasteiger charge is -2.34. The van der Waals surface area contributed by atoms with Gasteiger partial charge in [0.1, 0.15) is 0 Å². The van der Waals surface area contributed by atoms with Crippen LogP contribution in [0.3, 0.4) is 0 Å². The molecule has 0 rings (SSSR count). The van der Waals surface area contributed by atoms with Crippen molar-refractivity contribution in [2.75, 3.05) is 0 Å². The van der Waals surface area contributed by atoms with Crippen molar-refractivity contribution < 1.29 is 13.6 Å². The zero-order chi connectivity index (χ0) is 14.4. The van der Waals surface area contributed by atoms with Gasteiger partial charge in [0.15, 0.2) is 0 Å². The Balaban J connectivity index is 4.75. The van der Waals surface area contributed by atoms with Crippen molar-refractivity contribution in [1.82, 2.24) is 0 Å². The second kappa shape index (κ2) is 6.85. The van der Waals surface area contributed by atoms with Gasteiger partial charge in [0, 0.05) is 0 Å². The molecule has 0 aliphatic heterocycles. The van der Waals surface area contributed by atoms with Crippen LogP contribution in [0.25, 0.3) is 0 Å². The number of hydrogen-bond acceptors (Lipinski definition) is 3. The van der Waals surface area contributed by atoms with Crippen LogP contribution >= 0.6 is 0 Å². The maximum atomic E-state index is 10.6. The van der Waals surface area contributed by atoms with E-state index in [-0.39, 0.29) is 0 Å². The van der Waals surface area contributed by atoms with Crippen LogP contribution in [-0.4, -0.2) is 24.8 Å². The van der Waals surface area contributed by atoms with Gasteiger partial charge in [-0.25, -0.2) is 0 Å². The average Bonchev–Trinajstić information content (AvgIpc) is 2.05. The van der Waals surface area contributed by atoms with Gasteiger partial charge in [-0.3, -0.25) is 0 Å². The molecule has 18 heavy (non-hydrogen) atoms. The van der Waals surface area contributed by atoms with Crippen LogP contribution in [0.15, 0.2) is 11.8 Å². The molecule has 0 aromatic carbocycles. The number of hydrogen-bond donors (Lipinski definition) is 1. The lowest BCUT2D eigenvalue weighted by Crippen LogP contribution is -2.50. The van der Waals surface area contributed by atoms with Crippen LogP contribution in [0.4, 0.5) is 0 Å². The Morgan fingerprint density at radius 3 is 1.78 bits per heavy atom. The summed E-state index contributed by atoms with van der Waals surface area (Å²) < 4.78 is 11.5. The van der Waals surface area contributed by atoms with E-state index in [0.717, 1.165) is 19.3 Å². The molecule has 0 saturated carbocycles. The summed E-state index contributed by atoms with van der Waals surface area (Å²) in [6.07, 6.45) is 5.19. The molecule has 1 N–H and O–H groups in total. The van der Waals surface area contributed by atoms with E-state index in [1.807, 2.05) is 47.6 Å². The largest absolute Gasteiger partial charge is 0.527 e. The highest BCUT2D eigenvalue weighted by molar-refractivity contribution is 6.65. The predicted octanol–water partition coefficient (Wildman–Crippen LogP) is 3.83. The van der Waals surface area contributed by atoms with Gasteiger partial charge < -0.3 is 13.6 Å². The van der Waals surface area contributed by atoms with Crippen LogP contribution in [0.5, 0.6) is 0 Å². The second-order valence-electron chi connectivity index (χ2n) is 6.60. The maximum Gasteiger partial charge on any atom is 0.527 e. The van der Waals surface area contributed by atoms with Crippen molar-refractivity contribution in [2.45, 2.75) is 78.9 Å². The van der Waals surface area contributed by atoms with Crippen molar-refractivity contribution in [3.05, 3.63) is 11.8 Å². The van der Waals surface area contributed by atoms with Crippen molar-refractivity contribution in [3.8, 4) is 0 Å². The highest BCUT2D eigenvalue weighted by Crippen LogP contribution is 2.22. The van der Waals surface area contributed by atoms with E-state index in [1.54, 1.807) is 5.70 Å². The van der Waals surface area contributed by atoms with E-state index in [0.29, 0.717) is 0 Å². The summed E-state index contributed by atoms with van der Waals surface area (Å²) in [5, 5.41) is 0. The van der Waals surface area contributed by atoms with Crippen LogP contribution < -0.4 is 0 Å². The van der Waals surface area contributed by atoms with Gasteiger partial charge >= 0.3 is 8.80 Å². The molecular weight excluding hydrogens is 244 g/mol. The summed E-state index contributed by atoms with van der Waals surface area (Å²) in [5.41, 5.74) is 0.918. The fourth-order valence-electron chi connectivity index (χ4n) is 1.52. The highest BCUT2D eigenvalue weighted by atomic mass is 28.4. The molecule has 0 unspecified atom stereocenters. The van der Waals surface area contributed by atoms with Crippen LogP contribution in [0.2, 0.25) is 0 Å². The Morgan fingerprint density at radius 2 is 1.44 bits per heavy atom. The Bertz CT molecular complexity index is 245. The zero-order valence-corrected chi connectivity index (χ0v) is 14.0. The predicted molar refractivity (Wildman–Crippen MR) is 78.3 cm³/mol. The minimum Gasteiger partial charge on any atom is -0.387 e. The van der Waals surface area contributed by atoms with Crippen LogP contribution in [-0.2, 0) is 8.85 Å². The smallest absolute Gasteiger partial charge is 0.387 e. The van der Waals surface area contributed by atoms with Gasteiger partial charge in [-0.15, -0.1) is 0 Å². The molecule has 0 aromatic heterocycles. The molecule has 0 aliphatic rings. The SMILES string of the molecule is CCCC/C=C/[Si](O)(OC(C)(C)C)OC(C)(C)C. The monoisotopic (exact) mass is 274 g/mol. The first-order valence-corrected chi connectivity index (χ1v) is 8.62. The molecule has 4 heteroatoms. The lowest BCUT2D eigenvalue weighted by atomic mass is 10.2. The van der Waals surface area contributed by atoms with Crippen molar-refractivity contribution in [3.63, 3.8) is 0 Å². The minimum absolute atomic E-state index is 0.415. The third kappa shape index (κ3) is 9.83. The van der Waals surface area contributed by atoms with E-state index in [2.05, 4.69) is 6.92 Å². The topological polar surface area (TPSA) is 38.7 Å². The fourth-order valence-corrected chi connectivity index (χ4v) is 3.92. The average molecular weight is 274 g/mol. The number of allylic oxidation sites excluding steroid dienone is 1. The summed E-state index contributed by atoms with van der Waals surface area (Å²) >= 11 is 0. The highest BCUT2D eigenvalue weighted by Gasteiger charge is 2.41. The molecule has 0 amide bonds. The van der Waals surface area contributed by atoms with E-state index < -0.39 is 20.0 Å². The Morgan fingerprint density at radius 1 is 1.00 bits per heavy atom. The fraction of sp³-hybridized carbons (Fsp3) is 0.857. The molecule has 0 aliphatic carbocycles. The Kier molecular flexibility index (Phi) is 6.78. The molecule has 0 saturated heterocycles. The van der Waals surface area contributed by atoms with E-state index in [4.69, 9.17) is 8.85 Å².